The quantitative estimate of drug-likeness (QED) is 0.885. The van der Waals surface area contributed by atoms with Crippen LogP contribution in [0.4, 0.5) is 5.00 Å². The molecule has 1 aliphatic carbocycles. The number of ether oxygens (including phenoxy) is 2. The van der Waals surface area contributed by atoms with Gasteiger partial charge in [0, 0.05) is 11.9 Å². The molecule has 2 amide bonds. The van der Waals surface area contributed by atoms with Gasteiger partial charge >= 0.3 is 0 Å². The van der Waals surface area contributed by atoms with Gasteiger partial charge in [0.2, 0.25) is 5.76 Å². The van der Waals surface area contributed by atoms with Crippen LogP contribution in [0.3, 0.4) is 0 Å². The standard InChI is InChI=1S/C14H16N2O4S/c1-15-13(18)11-8-3-2-4-10(8)21-14(11)16-12(17)9-7-19-5-6-20-9/h7H,2-6H2,1H3,(H,15,18)(H,16,17). The first-order valence-corrected chi connectivity index (χ1v) is 7.65. The Morgan fingerprint density at radius 3 is 2.81 bits per heavy atom. The molecule has 1 aromatic heterocycles. The number of anilines is 1. The van der Waals surface area contributed by atoms with Gasteiger partial charge in [-0.2, -0.15) is 0 Å². The van der Waals surface area contributed by atoms with Gasteiger partial charge in [-0.1, -0.05) is 0 Å². The lowest BCUT2D eigenvalue weighted by Crippen LogP contribution is -2.24. The van der Waals surface area contributed by atoms with E-state index in [0.717, 1.165) is 24.8 Å². The Bertz CT molecular complexity index is 621. The molecule has 2 heterocycles. The zero-order chi connectivity index (χ0) is 14.8. The maximum Gasteiger partial charge on any atom is 0.294 e. The third-order valence-electron chi connectivity index (χ3n) is 3.48. The largest absolute Gasteiger partial charge is 0.494 e. The summed E-state index contributed by atoms with van der Waals surface area (Å²) < 4.78 is 10.3. The van der Waals surface area contributed by atoms with Gasteiger partial charge in [0.15, 0.2) is 0 Å². The Morgan fingerprint density at radius 1 is 1.24 bits per heavy atom. The number of fused-ring (bicyclic) bond motifs is 1. The number of nitrogens with one attached hydrogen (secondary N) is 2. The van der Waals surface area contributed by atoms with Gasteiger partial charge in [0.1, 0.15) is 24.5 Å². The van der Waals surface area contributed by atoms with E-state index >= 15 is 0 Å². The molecule has 21 heavy (non-hydrogen) atoms. The SMILES string of the molecule is CNC(=O)c1c(NC(=O)C2=COCCO2)sc2c1CCC2. The van der Waals surface area contributed by atoms with Crippen LogP contribution in [0.25, 0.3) is 0 Å². The molecule has 0 fully saturated rings. The van der Waals surface area contributed by atoms with Crippen molar-refractivity contribution in [2.45, 2.75) is 19.3 Å². The summed E-state index contributed by atoms with van der Waals surface area (Å²) in [5.41, 5.74) is 1.64. The first-order chi connectivity index (χ1) is 10.2. The lowest BCUT2D eigenvalue weighted by atomic mass is 10.1. The van der Waals surface area contributed by atoms with Crippen molar-refractivity contribution in [3.63, 3.8) is 0 Å². The summed E-state index contributed by atoms with van der Waals surface area (Å²) in [7, 11) is 1.59. The van der Waals surface area contributed by atoms with Crippen LogP contribution in [-0.2, 0) is 27.1 Å². The van der Waals surface area contributed by atoms with Gasteiger partial charge in [0.05, 0.1) is 5.56 Å². The maximum absolute atomic E-state index is 12.1. The minimum absolute atomic E-state index is 0.137. The summed E-state index contributed by atoms with van der Waals surface area (Å²) in [4.78, 5) is 25.4. The van der Waals surface area contributed by atoms with Crippen molar-refractivity contribution in [2.24, 2.45) is 0 Å². The minimum atomic E-state index is -0.389. The van der Waals surface area contributed by atoms with E-state index in [1.807, 2.05) is 0 Å². The zero-order valence-electron chi connectivity index (χ0n) is 11.7. The van der Waals surface area contributed by atoms with Crippen LogP contribution in [0, 0.1) is 0 Å². The number of carbonyl (C=O) groups is 2. The molecule has 3 rings (SSSR count). The molecule has 0 saturated carbocycles. The average molecular weight is 308 g/mol. The van der Waals surface area contributed by atoms with Gasteiger partial charge in [-0.15, -0.1) is 11.3 Å². The van der Waals surface area contributed by atoms with E-state index in [1.165, 1.54) is 22.5 Å². The number of hydrogen-bond donors (Lipinski definition) is 2. The normalized spacial score (nSPS) is 16.3. The van der Waals surface area contributed by atoms with Crippen molar-refractivity contribution in [2.75, 3.05) is 25.6 Å². The number of aryl methyl sites for hydroxylation is 1. The van der Waals surface area contributed by atoms with Crippen LogP contribution in [0.15, 0.2) is 12.0 Å². The molecule has 0 saturated heterocycles. The number of rotatable bonds is 3. The summed E-state index contributed by atoms with van der Waals surface area (Å²) >= 11 is 1.47. The number of thiophene rings is 1. The Hall–Kier alpha value is -2.02. The van der Waals surface area contributed by atoms with Crippen LogP contribution < -0.4 is 10.6 Å². The maximum atomic E-state index is 12.1. The summed E-state index contributed by atoms with van der Waals surface area (Å²) in [6.45, 7) is 0.788. The van der Waals surface area contributed by atoms with Gasteiger partial charge in [-0.05, 0) is 24.8 Å². The Labute approximate surface area is 126 Å². The summed E-state index contributed by atoms with van der Waals surface area (Å²) in [5.74, 6) is -0.420. The van der Waals surface area contributed by atoms with E-state index in [-0.39, 0.29) is 17.6 Å². The predicted octanol–water partition coefficient (Wildman–Crippen LogP) is 1.42. The minimum Gasteiger partial charge on any atom is -0.494 e. The number of amides is 2. The third-order valence-corrected chi connectivity index (χ3v) is 4.68. The van der Waals surface area contributed by atoms with Crippen LogP contribution in [0.5, 0.6) is 0 Å². The van der Waals surface area contributed by atoms with Gasteiger partial charge in [-0.3, -0.25) is 9.59 Å². The molecule has 0 unspecified atom stereocenters. The molecule has 0 radical (unpaired) electrons. The topological polar surface area (TPSA) is 76.7 Å². The van der Waals surface area contributed by atoms with Crippen molar-refractivity contribution in [3.8, 4) is 0 Å². The molecule has 7 heteroatoms. The number of hydrogen-bond acceptors (Lipinski definition) is 5. The van der Waals surface area contributed by atoms with Crippen LogP contribution in [0.2, 0.25) is 0 Å². The molecule has 1 aliphatic heterocycles. The molecule has 1 aromatic rings. The highest BCUT2D eigenvalue weighted by molar-refractivity contribution is 7.17. The average Bonchev–Trinajstić information content (AvgIpc) is 3.07. The second-order valence-corrected chi connectivity index (χ2v) is 5.90. The molecule has 0 aromatic carbocycles. The fourth-order valence-corrected chi connectivity index (χ4v) is 3.79. The van der Waals surface area contributed by atoms with E-state index < -0.39 is 0 Å². The molecule has 0 spiro atoms. The van der Waals surface area contributed by atoms with Crippen molar-refractivity contribution >= 4 is 28.2 Å². The van der Waals surface area contributed by atoms with Gasteiger partial charge < -0.3 is 20.1 Å². The molecular formula is C14H16N2O4S. The lowest BCUT2D eigenvalue weighted by molar-refractivity contribution is -0.117. The van der Waals surface area contributed by atoms with Crippen LogP contribution in [0.1, 0.15) is 27.2 Å². The zero-order valence-corrected chi connectivity index (χ0v) is 12.5. The summed E-state index contributed by atoms with van der Waals surface area (Å²) in [6.07, 6.45) is 4.20. The molecule has 0 atom stereocenters. The third kappa shape index (κ3) is 2.61. The second kappa shape index (κ2) is 5.77. The van der Waals surface area contributed by atoms with Crippen molar-refractivity contribution in [3.05, 3.63) is 28.0 Å². The monoisotopic (exact) mass is 308 g/mol. The highest BCUT2D eigenvalue weighted by atomic mass is 32.1. The van der Waals surface area contributed by atoms with E-state index in [2.05, 4.69) is 10.6 Å². The fourth-order valence-electron chi connectivity index (χ4n) is 2.51. The molecular weight excluding hydrogens is 292 g/mol. The highest BCUT2D eigenvalue weighted by Crippen LogP contribution is 2.39. The Kier molecular flexibility index (Phi) is 3.83. The molecule has 2 aliphatic rings. The fraction of sp³-hybridized carbons (Fsp3) is 0.429. The van der Waals surface area contributed by atoms with E-state index in [4.69, 9.17) is 9.47 Å². The molecule has 2 N–H and O–H groups in total. The highest BCUT2D eigenvalue weighted by Gasteiger charge is 2.28. The summed E-state index contributed by atoms with van der Waals surface area (Å²) in [6, 6.07) is 0. The van der Waals surface area contributed by atoms with Crippen molar-refractivity contribution in [1.29, 1.82) is 0 Å². The number of carbonyl (C=O) groups excluding carboxylic acids is 2. The predicted molar refractivity (Wildman–Crippen MR) is 78.4 cm³/mol. The van der Waals surface area contributed by atoms with E-state index in [9.17, 15) is 9.59 Å². The smallest absolute Gasteiger partial charge is 0.294 e. The van der Waals surface area contributed by atoms with E-state index in [0.29, 0.717) is 23.8 Å². The Morgan fingerprint density at radius 2 is 2.10 bits per heavy atom. The summed E-state index contributed by atoms with van der Waals surface area (Å²) in [5, 5.41) is 5.99. The van der Waals surface area contributed by atoms with Gasteiger partial charge in [0.25, 0.3) is 11.8 Å². The first kappa shape index (κ1) is 13.9. The first-order valence-electron chi connectivity index (χ1n) is 6.83. The molecule has 6 nitrogen and oxygen atoms in total. The van der Waals surface area contributed by atoms with Crippen LogP contribution >= 0.6 is 11.3 Å². The van der Waals surface area contributed by atoms with E-state index in [1.54, 1.807) is 7.05 Å². The van der Waals surface area contributed by atoms with Crippen molar-refractivity contribution < 1.29 is 19.1 Å². The molecule has 112 valence electrons. The van der Waals surface area contributed by atoms with Crippen molar-refractivity contribution in [1.82, 2.24) is 5.32 Å². The van der Waals surface area contributed by atoms with Crippen LogP contribution in [-0.4, -0.2) is 32.1 Å². The lowest BCUT2D eigenvalue weighted by Gasteiger charge is -2.15. The second-order valence-electron chi connectivity index (χ2n) is 4.80. The Balaban J connectivity index is 1.87. The molecule has 0 bridgehead atoms. The van der Waals surface area contributed by atoms with Gasteiger partial charge in [-0.25, -0.2) is 0 Å².